The second-order valence-corrected chi connectivity index (χ2v) is 8.56. The Morgan fingerprint density at radius 3 is 2.38 bits per heavy atom. The highest BCUT2D eigenvalue weighted by molar-refractivity contribution is 9.10. The number of hydrogen-bond donors (Lipinski definition) is 1. The van der Waals surface area contributed by atoms with E-state index in [1.54, 1.807) is 6.07 Å². The number of benzene rings is 2. The van der Waals surface area contributed by atoms with Crippen LogP contribution in [0.2, 0.25) is 0 Å². The Bertz CT molecular complexity index is 959. The van der Waals surface area contributed by atoms with Crippen LogP contribution in [0.4, 0.5) is 5.69 Å². The summed E-state index contributed by atoms with van der Waals surface area (Å²) >= 11 is 3.46. The average molecular weight is 414 g/mol. The van der Waals surface area contributed by atoms with Crippen molar-refractivity contribution in [3.63, 3.8) is 0 Å². The van der Waals surface area contributed by atoms with E-state index in [0.717, 1.165) is 31.1 Å². The topological polar surface area (TPSA) is 66.6 Å². The summed E-state index contributed by atoms with van der Waals surface area (Å²) < 4.78 is 0.697. The number of carbonyl (C=O) groups is 2. The van der Waals surface area contributed by atoms with Crippen molar-refractivity contribution in [1.82, 2.24) is 9.80 Å². The number of fused-ring (bicyclic) bond motifs is 2. The zero-order valence-electron chi connectivity index (χ0n) is 14.5. The van der Waals surface area contributed by atoms with E-state index in [9.17, 15) is 9.59 Å². The maximum atomic E-state index is 13.3. The quantitative estimate of drug-likeness (QED) is 0.574. The molecule has 3 heterocycles. The van der Waals surface area contributed by atoms with Gasteiger partial charge in [-0.05, 0) is 60.8 Å². The van der Waals surface area contributed by atoms with Crippen molar-refractivity contribution >= 4 is 44.2 Å². The fourth-order valence-electron chi connectivity index (χ4n) is 5.10. The van der Waals surface area contributed by atoms with Crippen LogP contribution in [0.25, 0.3) is 10.8 Å². The average Bonchev–Trinajstić information content (AvgIpc) is 2.83. The normalized spacial score (nSPS) is 28.2. The zero-order chi connectivity index (χ0) is 18.2. The number of rotatable bonds is 1. The number of anilines is 1. The first-order valence-corrected chi connectivity index (χ1v) is 9.87. The van der Waals surface area contributed by atoms with Crippen LogP contribution in [0.1, 0.15) is 46.4 Å². The van der Waals surface area contributed by atoms with E-state index in [1.807, 2.05) is 18.2 Å². The van der Waals surface area contributed by atoms with Crippen molar-refractivity contribution in [3.8, 4) is 0 Å². The summed E-state index contributed by atoms with van der Waals surface area (Å²) in [7, 11) is 2.16. The van der Waals surface area contributed by atoms with Crippen molar-refractivity contribution in [2.24, 2.45) is 0 Å². The summed E-state index contributed by atoms with van der Waals surface area (Å²) in [5, 5.41) is 1.45. The molecule has 3 aliphatic rings. The number of nitrogen functional groups attached to an aromatic ring is 1. The largest absolute Gasteiger partial charge is 0.397 e. The molecular formula is C20H20BrN3O2. The Balaban J connectivity index is 1.64. The van der Waals surface area contributed by atoms with Crippen LogP contribution in [0.5, 0.6) is 0 Å². The van der Waals surface area contributed by atoms with Gasteiger partial charge in [0.15, 0.2) is 0 Å². The van der Waals surface area contributed by atoms with E-state index in [4.69, 9.17) is 5.73 Å². The van der Waals surface area contributed by atoms with Crippen molar-refractivity contribution in [3.05, 3.63) is 39.9 Å². The third-order valence-electron chi connectivity index (χ3n) is 6.49. The van der Waals surface area contributed by atoms with Crippen LogP contribution in [-0.4, -0.2) is 46.8 Å². The molecule has 6 heteroatoms. The lowest BCUT2D eigenvalue weighted by atomic mass is 9.89. The second-order valence-electron chi connectivity index (χ2n) is 7.70. The molecule has 2 bridgehead atoms. The number of halogens is 1. The summed E-state index contributed by atoms with van der Waals surface area (Å²) in [6.45, 7) is 0. The maximum Gasteiger partial charge on any atom is 0.261 e. The number of carbonyl (C=O) groups excluding carboxylic acids is 2. The van der Waals surface area contributed by atoms with Crippen molar-refractivity contribution in [2.75, 3.05) is 12.8 Å². The zero-order valence-corrected chi connectivity index (χ0v) is 16.1. The molecule has 0 saturated carbocycles. The summed E-state index contributed by atoms with van der Waals surface area (Å²) in [4.78, 5) is 30.5. The maximum absolute atomic E-state index is 13.3. The predicted octanol–water partition coefficient (Wildman–Crippen LogP) is 3.41. The van der Waals surface area contributed by atoms with Crippen LogP contribution in [0, 0.1) is 0 Å². The van der Waals surface area contributed by atoms with Gasteiger partial charge in [-0.3, -0.25) is 14.5 Å². The lowest BCUT2D eigenvalue weighted by Crippen LogP contribution is -2.54. The minimum atomic E-state index is -0.187. The third kappa shape index (κ3) is 2.06. The Labute approximate surface area is 160 Å². The first-order valence-electron chi connectivity index (χ1n) is 9.08. The highest BCUT2D eigenvalue weighted by atomic mass is 79.9. The molecule has 0 radical (unpaired) electrons. The lowest BCUT2D eigenvalue weighted by Gasteiger charge is -2.42. The van der Waals surface area contributed by atoms with E-state index >= 15 is 0 Å². The van der Waals surface area contributed by atoms with Gasteiger partial charge in [0.25, 0.3) is 11.8 Å². The van der Waals surface area contributed by atoms with Crippen LogP contribution in [0.3, 0.4) is 0 Å². The molecule has 0 aliphatic carbocycles. The fourth-order valence-corrected chi connectivity index (χ4v) is 5.54. The minimum Gasteiger partial charge on any atom is -0.397 e. The lowest BCUT2D eigenvalue weighted by molar-refractivity contribution is 0.0396. The summed E-state index contributed by atoms with van der Waals surface area (Å²) in [5.41, 5.74) is 7.90. The molecule has 134 valence electrons. The van der Waals surface area contributed by atoms with Crippen LogP contribution in [0.15, 0.2) is 28.7 Å². The molecule has 2 N–H and O–H groups in total. The smallest absolute Gasteiger partial charge is 0.261 e. The van der Waals surface area contributed by atoms with Gasteiger partial charge in [0.05, 0.1) is 5.69 Å². The predicted molar refractivity (Wildman–Crippen MR) is 104 cm³/mol. The van der Waals surface area contributed by atoms with E-state index in [1.165, 1.54) is 4.90 Å². The van der Waals surface area contributed by atoms with Crippen molar-refractivity contribution in [2.45, 2.75) is 43.8 Å². The number of nitrogens with two attached hydrogens (primary N) is 1. The monoisotopic (exact) mass is 413 g/mol. The van der Waals surface area contributed by atoms with Gasteiger partial charge in [-0.15, -0.1) is 0 Å². The standard InChI is InChI=1S/C20H20BrN3O2/c1-23-10-5-6-11(23)8-12(7-10)24-19(25)14-4-2-3-13-17(14)15(20(24)26)9-16(21)18(13)22/h2-4,9-12H,5-8,22H2,1H3/t10-,11+,12+. The van der Waals surface area contributed by atoms with Gasteiger partial charge in [0.2, 0.25) is 0 Å². The van der Waals surface area contributed by atoms with E-state index < -0.39 is 0 Å². The molecular weight excluding hydrogens is 394 g/mol. The number of nitrogens with zero attached hydrogens (tertiary/aromatic N) is 2. The first-order chi connectivity index (χ1) is 12.5. The Hall–Kier alpha value is -1.92. The highest BCUT2D eigenvalue weighted by Crippen LogP contribution is 2.41. The molecule has 2 amide bonds. The van der Waals surface area contributed by atoms with Crippen molar-refractivity contribution in [1.29, 1.82) is 0 Å². The van der Waals surface area contributed by atoms with Gasteiger partial charge in [-0.2, -0.15) is 0 Å². The number of imide groups is 1. The summed E-state index contributed by atoms with van der Waals surface area (Å²) in [6, 6.07) is 8.20. The minimum absolute atomic E-state index is 0.0246. The molecule has 5 nitrogen and oxygen atoms in total. The number of hydrogen-bond acceptors (Lipinski definition) is 4. The SMILES string of the molecule is CN1[C@@H]2CC[C@H]1C[C@@H](N1C(=O)c3cccc4c(N)c(Br)cc(c34)C1=O)C2. The molecule has 0 unspecified atom stereocenters. The number of piperidine rings is 1. The summed E-state index contributed by atoms with van der Waals surface area (Å²) in [5.74, 6) is -0.364. The van der Waals surface area contributed by atoms with Gasteiger partial charge in [-0.25, -0.2) is 0 Å². The molecule has 3 atom stereocenters. The third-order valence-corrected chi connectivity index (χ3v) is 7.15. The van der Waals surface area contributed by atoms with Crippen LogP contribution in [-0.2, 0) is 0 Å². The molecule has 0 aromatic heterocycles. The molecule has 3 aliphatic heterocycles. The molecule has 2 aromatic rings. The molecule has 0 spiro atoms. The molecule has 26 heavy (non-hydrogen) atoms. The molecule has 2 fully saturated rings. The van der Waals surface area contributed by atoms with Crippen LogP contribution >= 0.6 is 15.9 Å². The Kier molecular flexibility index (Phi) is 3.46. The number of amides is 2. The van der Waals surface area contributed by atoms with Gasteiger partial charge < -0.3 is 10.6 Å². The van der Waals surface area contributed by atoms with E-state index in [-0.39, 0.29) is 17.9 Å². The van der Waals surface area contributed by atoms with Gasteiger partial charge in [0, 0.05) is 44.5 Å². The van der Waals surface area contributed by atoms with E-state index in [2.05, 4.69) is 27.9 Å². The Morgan fingerprint density at radius 2 is 1.69 bits per heavy atom. The Morgan fingerprint density at radius 1 is 1.04 bits per heavy atom. The molecule has 5 rings (SSSR count). The first kappa shape index (κ1) is 16.3. The van der Waals surface area contributed by atoms with Gasteiger partial charge in [-0.1, -0.05) is 12.1 Å². The fraction of sp³-hybridized carbons (Fsp3) is 0.400. The van der Waals surface area contributed by atoms with Crippen LogP contribution < -0.4 is 5.73 Å². The second kappa shape index (κ2) is 5.54. The molecule has 2 aromatic carbocycles. The van der Waals surface area contributed by atoms with Gasteiger partial charge >= 0.3 is 0 Å². The van der Waals surface area contributed by atoms with Gasteiger partial charge in [0.1, 0.15) is 0 Å². The van der Waals surface area contributed by atoms with E-state index in [0.29, 0.717) is 38.8 Å². The highest BCUT2D eigenvalue weighted by Gasteiger charge is 2.45. The summed E-state index contributed by atoms with van der Waals surface area (Å²) in [6.07, 6.45) is 4.04. The van der Waals surface area contributed by atoms with Crippen molar-refractivity contribution < 1.29 is 9.59 Å². The molecule has 2 saturated heterocycles.